The molecule has 8 nitrogen and oxygen atoms in total. The highest BCUT2D eigenvalue weighted by atomic mass is 35.5. The van der Waals surface area contributed by atoms with E-state index in [1.807, 2.05) is 0 Å². The Balaban J connectivity index is 1.26. The van der Waals surface area contributed by atoms with E-state index in [2.05, 4.69) is 37.3 Å². The molecule has 0 radical (unpaired) electrons. The van der Waals surface area contributed by atoms with Crippen molar-refractivity contribution in [3.8, 4) is 5.75 Å². The Morgan fingerprint density at radius 1 is 1.28 bits per heavy atom. The standard InChI is InChI=1S/C23H27ClN6O2/c1-15-12-26-9-10-30(15)22-14-27-21(13-28-22)23(31)29-16-3-5-17(6-4-16)32-18-7-8-20(25-2)19(24)11-18/h7-8,11,13-17,26H,3-6,9-10,12H2,1H3,(H,29,31)/t15-,16?,17?/m1/s1. The highest BCUT2D eigenvalue weighted by Gasteiger charge is 2.25. The first-order valence-electron chi connectivity index (χ1n) is 11.0. The summed E-state index contributed by atoms with van der Waals surface area (Å²) < 4.78 is 6.02. The van der Waals surface area contributed by atoms with Crippen LogP contribution in [0.1, 0.15) is 43.1 Å². The number of aromatic nitrogens is 2. The van der Waals surface area contributed by atoms with Crippen LogP contribution in [0, 0.1) is 6.57 Å². The molecular weight excluding hydrogens is 428 g/mol. The Morgan fingerprint density at radius 2 is 2.09 bits per heavy atom. The third kappa shape index (κ3) is 5.29. The zero-order chi connectivity index (χ0) is 22.5. The second kappa shape index (κ2) is 10.2. The van der Waals surface area contributed by atoms with Crippen LogP contribution < -0.4 is 20.3 Å². The summed E-state index contributed by atoms with van der Waals surface area (Å²) >= 11 is 6.09. The summed E-state index contributed by atoms with van der Waals surface area (Å²) in [4.78, 5) is 27.0. The number of ether oxygens (including phenoxy) is 1. The van der Waals surface area contributed by atoms with Crippen LogP contribution >= 0.6 is 11.6 Å². The zero-order valence-electron chi connectivity index (χ0n) is 18.1. The largest absolute Gasteiger partial charge is 0.490 e. The van der Waals surface area contributed by atoms with Crippen molar-refractivity contribution in [1.29, 1.82) is 0 Å². The Morgan fingerprint density at radius 3 is 2.75 bits per heavy atom. The fourth-order valence-electron chi connectivity index (χ4n) is 4.20. The lowest BCUT2D eigenvalue weighted by molar-refractivity contribution is 0.0888. The quantitative estimate of drug-likeness (QED) is 0.671. The Labute approximate surface area is 193 Å². The lowest BCUT2D eigenvalue weighted by Gasteiger charge is -2.34. The van der Waals surface area contributed by atoms with Crippen molar-refractivity contribution in [2.45, 2.75) is 50.8 Å². The van der Waals surface area contributed by atoms with Gasteiger partial charge in [-0.15, -0.1) is 0 Å². The molecule has 1 saturated heterocycles. The van der Waals surface area contributed by atoms with Crippen LogP contribution in [0.4, 0.5) is 11.5 Å². The van der Waals surface area contributed by atoms with E-state index < -0.39 is 0 Å². The van der Waals surface area contributed by atoms with E-state index >= 15 is 0 Å². The van der Waals surface area contributed by atoms with Crippen LogP contribution in [0.25, 0.3) is 4.85 Å². The number of benzene rings is 1. The molecule has 1 aliphatic heterocycles. The molecule has 1 aliphatic carbocycles. The van der Waals surface area contributed by atoms with Gasteiger partial charge in [0.2, 0.25) is 5.69 Å². The SMILES string of the molecule is [C-]#[N+]c1ccc(OC2CCC(NC(=O)c3cnc(N4CCNC[C@H]4C)cn3)CC2)cc1Cl. The van der Waals surface area contributed by atoms with Gasteiger partial charge in [0.15, 0.2) is 0 Å². The molecule has 2 N–H and O–H groups in total. The van der Waals surface area contributed by atoms with E-state index in [1.165, 1.54) is 0 Å². The van der Waals surface area contributed by atoms with Gasteiger partial charge >= 0.3 is 0 Å². The minimum absolute atomic E-state index is 0.0677. The van der Waals surface area contributed by atoms with Crippen molar-refractivity contribution in [2.75, 3.05) is 24.5 Å². The topological polar surface area (TPSA) is 83.7 Å². The Bertz CT molecular complexity index is 985. The zero-order valence-corrected chi connectivity index (χ0v) is 18.8. The van der Waals surface area contributed by atoms with Crippen molar-refractivity contribution < 1.29 is 9.53 Å². The lowest BCUT2D eigenvalue weighted by Crippen LogP contribution is -2.50. The molecule has 1 amide bonds. The Hall–Kier alpha value is -2.89. The van der Waals surface area contributed by atoms with Crippen LogP contribution in [0.15, 0.2) is 30.6 Å². The molecule has 2 heterocycles. The second-order valence-corrected chi connectivity index (χ2v) is 8.70. The van der Waals surface area contributed by atoms with Crippen LogP contribution in [0.5, 0.6) is 5.75 Å². The molecule has 9 heteroatoms. The van der Waals surface area contributed by atoms with Gasteiger partial charge < -0.3 is 20.3 Å². The van der Waals surface area contributed by atoms with Gasteiger partial charge in [-0.2, -0.15) is 0 Å². The predicted molar refractivity (Wildman–Crippen MR) is 124 cm³/mol. The molecular formula is C23H27ClN6O2. The molecule has 1 saturated carbocycles. The van der Waals surface area contributed by atoms with Crippen molar-refractivity contribution in [3.63, 3.8) is 0 Å². The second-order valence-electron chi connectivity index (χ2n) is 8.30. The van der Waals surface area contributed by atoms with E-state index in [-0.39, 0.29) is 18.1 Å². The number of nitrogens with one attached hydrogen (secondary N) is 2. The van der Waals surface area contributed by atoms with Gasteiger partial charge in [0, 0.05) is 31.7 Å². The monoisotopic (exact) mass is 454 g/mol. The minimum Gasteiger partial charge on any atom is -0.490 e. The number of carbonyl (C=O) groups is 1. The van der Waals surface area contributed by atoms with E-state index in [0.29, 0.717) is 28.2 Å². The smallest absolute Gasteiger partial charge is 0.271 e. The maximum atomic E-state index is 12.6. The lowest BCUT2D eigenvalue weighted by atomic mass is 9.93. The van der Waals surface area contributed by atoms with Crippen LogP contribution in [0.2, 0.25) is 5.02 Å². The third-order valence-corrected chi connectivity index (χ3v) is 6.32. The molecule has 0 unspecified atom stereocenters. The average Bonchev–Trinajstić information content (AvgIpc) is 2.81. The summed E-state index contributed by atoms with van der Waals surface area (Å²) in [6.45, 7) is 11.9. The fraction of sp³-hybridized carbons (Fsp3) is 0.478. The molecule has 1 atom stereocenters. The van der Waals surface area contributed by atoms with Crippen molar-refractivity contribution in [1.82, 2.24) is 20.6 Å². The number of hydrogen-bond donors (Lipinski definition) is 2. The highest BCUT2D eigenvalue weighted by Crippen LogP contribution is 2.31. The van der Waals surface area contributed by atoms with Crippen molar-refractivity contribution in [3.05, 3.63) is 52.7 Å². The third-order valence-electron chi connectivity index (χ3n) is 6.02. The minimum atomic E-state index is -0.191. The molecule has 2 aromatic rings. The van der Waals surface area contributed by atoms with Crippen LogP contribution in [-0.2, 0) is 0 Å². The highest BCUT2D eigenvalue weighted by molar-refractivity contribution is 6.33. The molecule has 2 aliphatic rings. The van der Waals surface area contributed by atoms with Gasteiger partial charge in [-0.05, 0) is 44.7 Å². The van der Waals surface area contributed by atoms with Gasteiger partial charge in [0.1, 0.15) is 17.3 Å². The predicted octanol–water partition coefficient (Wildman–Crippen LogP) is 3.60. The van der Waals surface area contributed by atoms with Crippen molar-refractivity contribution >= 4 is 29.0 Å². The first kappa shape index (κ1) is 22.3. The summed E-state index contributed by atoms with van der Waals surface area (Å²) in [6, 6.07) is 5.57. The number of hydrogen-bond acceptors (Lipinski definition) is 6. The van der Waals surface area contributed by atoms with Gasteiger partial charge in [0.25, 0.3) is 5.91 Å². The van der Waals surface area contributed by atoms with Crippen molar-refractivity contribution in [2.24, 2.45) is 0 Å². The normalized spacial score (nSPS) is 23.3. The average molecular weight is 455 g/mol. The fourth-order valence-corrected chi connectivity index (χ4v) is 4.41. The van der Waals surface area contributed by atoms with E-state index in [1.54, 1.807) is 30.6 Å². The number of amides is 1. The molecule has 0 bridgehead atoms. The summed E-state index contributed by atoms with van der Waals surface area (Å²) in [7, 11) is 0. The van der Waals surface area contributed by atoms with Gasteiger partial charge in [0.05, 0.1) is 30.1 Å². The van der Waals surface area contributed by atoms with Gasteiger partial charge in [-0.3, -0.25) is 4.79 Å². The maximum Gasteiger partial charge on any atom is 0.271 e. The summed E-state index contributed by atoms with van der Waals surface area (Å²) in [5.74, 6) is 1.28. The van der Waals surface area contributed by atoms with Crippen LogP contribution in [0.3, 0.4) is 0 Å². The maximum absolute atomic E-state index is 12.6. The number of anilines is 1. The summed E-state index contributed by atoms with van der Waals surface area (Å²) in [5.41, 5.74) is 0.758. The van der Waals surface area contributed by atoms with E-state index in [9.17, 15) is 4.79 Å². The molecule has 1 aromatic carbocycles. The number of halogens is 1. The first-order chi connectivity index (χ1) is 15.5. The molecule has 2 fully saturated rings. The number of rotatable bonds is 5. The first-order valence-corrected chi connectivity index (χ1v) is 11.3. The summed E-state index contributed by atoms with van der Waals surface area (Å²) in [5, 5.41) is 6.83. The molecule has 0 spiro atoms. The molecule has 32 heavy (non-hydrogen) atoms. The van der Waals surface area contributed by atoms with Gasteiger partial charge in [-0.25, -0.2) is 14.8 Å². The number of nitrogens with zero attached hydrogens (tertiary/aromatic N) is 4. The van der Waals surface area contributed by atoms with E-state index in [0.717, 1.165) is 51.1 Å². The van der Waals surface area contributed by atoms with Crippen LogP contribution in [-0.4, -0.2) is 53.7 Å². The Kier molecular flexibility index (Phi) is 7.08. The van der Waals surface area contributed by atoms with Gasteiger partial charge in [-0.1, -0.05) is 17.7 Å². The molecule has 168 valence electrons. The number of piperazine rings is 1. The molecule has 4 rings (SSSR count). The number of carbonyl (C=O) groups excluding carboxylic acids is 1. The van der Waals surface area contributed by atoms with E-state index in [4.69, 9.17) is 22.9 Å². The summed E-state index contributed by atoms with van der Waals surface area (Å²) in [6.07, 6.45) is 6.63. The molecule has 1 aromatic heterocycles.